The molecule has 0 saturated carbocycles. The van der Waals surface area contributed by atoms with Gasteiger partial charge in [-0.2, -0.15) is 0 Å². The second-order valence-electron chi connectivity index (χ2n) is 0.224. The molecule has 0 aromatic carbocycles. The second kappa shape index (κ2) is 16.0. The minimum absolute atomic E-state index is 0. The summed E-state index contributed by atoms with van der Waals surface area (Å²) in [5.41, 5.74) is 0. The summed E-state index contributed by atoms with van der Waals surface area (Å²) in [7, 11) is 1.42. The molecule has 0 spiro atoms. The Bertz CT molecular complexity index is 11.6. The van der Waals surface area contributed by atoms with E-state index in [0.717, 1.165) is 0 Å². The van der Waals surface area contributed by atoms with Crippen LogP contribution in [0.1, 0.15) is 0 Å². The maximum absolute atomic E-state index is 1.94. The molecular weight excluding hydrogens is 316 g/mol. The molecule has 0 bridgehead atoms. The maximum Gasteiger partial charge on any atom is 0 e. The van der Waals surface area contributed by atoms with Crippen LogP contribution in [0.4, 0.5) is 0 Å². The van der Waals surface area contributed by atoms with Crippen molar-refractivity contribution in [2.75, 3.05) is 0 Å². The van der Waals surface area contributed by atoms with Crippen molar-refractivity contribution >= 4 is 37.5 Å². The molecule has 0 fully saturated rings. The van der Waals surface area contributed by atoms with Gasteiger partial charge in [0.2, 0.25) is 0 Å². The molecule has 0 rings (SSSR count). The van der Waals surface area contributed by atoms with Crippen LogP contribution in [0.15, 0.2) is 0 Å². The van der Waals surface area contributed by atoms with E-state index in [1.54, 1.807) is 0 Å². The first-order chi connectivity index (χ1) is 1.41. The average Bonchev–Trinajstić information content (AvgIpc) is 0.918. The van der Waals surface area contributed by atoms with E-state index in [1.807, 2.05) is 21.7 Å². The van der Waals surface area contributed by atoms with Gasteiger partial charge in [0.15, 0.2) is 0 Å². The molecule has 0 saturated heterocycles. The Labute approximate surface area is 73.2 Å². The van der Waals surface area contributed by atoms with Gasteiger partial charge in [0.1, 0.15) is 0 Å². The van der Waals surface area contributed by atoms with Crippen LogP contribution >= 0.6 is 5.82 Å². The Hall–Kier alpha value is 2.58. The topological polar surface area (TPSA) is 0 Å². The van der Waals surface area contributed by atoms with Gasteiger partial charge in [-0.3, -0.25) is 0 Å². The van der Waals surface area contributed by atoms with Crippen LogP contribution in [0.5, 0.6) is 0 Å². The van der Waals surface area contributed by atoms with Gasteiger partial charge >= 0.3 is 37.5 Å². The van der Waals surface area contributed by atoms with Crippen molar-refractivity contribution in [2.24, 2.45) is 0 Å². The standard InChI is InChI=1S/Cu.H5PSiTe.Zn/c;2-1-3;/h;1,3H,2H3;. The van der Waals surface area contributed by atoms with Crippen molar-refractivity contribution in [1.82, 2.24) is 0 Å². The monoisotopic (exact) mass is 321 g/mol. The summed E-state index contributed by atoms with van der Waals surface area (Å²) in [6.07, 6.45) is 0. The van der Waals surface area contributed by atoms with Crippen molar-refractivity contribution in [2.45, 2.75) is 0 Å². The van der Waals surface area contributed by atoms with Crippen molar-refractivity contribution in [1.29, 1.82) is 0 Å². The van der Waals surface area contributed by atoms with E-state index in [4.69, 9.17) is 0 Å². The fourth-order valence-electron chi connectivity index (χ4n) is 0. The minimum Gasteiger partial charge on any atom is 0 e. The predicted molar refractivity (Wildman–Crippen MR) is 25.4 cm³/mol. The maximum atomic E-state index is 1.94. The Morgan fingerprint density at radius 3 is 1.60 bits per heavy atom. The fourth-order valence-corrected chi connectivity index (χ4v) is 0. The van der Waals surface area contributed by atoms with E-state index in [2.05, 4.69) is 0 Å². The Morgan fingerprint density at radius 1 is 1.60 bits per heavy atom. The summed E-state index contributed by atoms with van der Waals surface area (Å²) in [5.74, 6) is 1.27. The zero-order valence-electron chi connectivity index (χ0n) is 2.96. The smallest absolute Gasteiger partial charge is 0 e. The van der Waals surface area contributed by atoms with Crippen LogP contribution in [-0.4, -0.2) is 31.7 Å². The van der Waals surface area contributed by atoms with Crippen molar-refractivity contribution in [3.8, 4) is 0 Å². The molecule has 0 aliphatic rings. The second-order valence-corrected chi connectivity index (χ2v) is 13.5. The molecule has 0 nitrogen and oxygen atoms in total. The van der Waals surface area contributed by atoms with Crippen LogP contribution in [0.2, 0.25) is 0 Å². The van der Waals surface area contributed by atoms with E-state index in [0.29, 0.717) is 0 Å². The minimum atomic E-state index is 0. The van der Waals surface area contributed by atoms with E-state index in [9.17, 15) is 0 Å². The molecule has 0 aromatic rings. The molecule has 0 aromatic heterocycles. The first kappa shape index (κ1) is 15.6. The molecule has 5 heavy (non-hydrogen) atoms. The zero-order valence-corrected chi connectivity index (χ0v) is 12.4. The largest absolute Gasteiger partial charge is 0 e. The van der Waals surface area contributed by atoms with Gasteiger partial charge in [-0.05, 0) is 0 Å². The summed E-state index contributed by atoms with van der Waals surface area (Å²) >= 11 is 1.94. The first-order valence-electron chi connectivity index (χ1n) is 0.724. The summed E-state index contributed by atoms with van der Waals surface area (Å²) in [5, 5.41) is 0. The molecule has 0 heterocycles. The molecule has 0 aliphatic heterocycles. The average molecular weight is 321 g/mol. The van der Waals surface area contributed by atoms with Gasteiger partial charge in [-0.25, -0.2) is 0 Å². The van der Waals surface area contributed by atoms with Gasteiger partial charge in [0.05, 0.1) is 0 Å². The Balaban J connectivity index is -0.0000000200. The Morgan fingerprint density at radius 2 is 1.60 bits per heavy atom. The predicted octanol–water partition coefficient (Wildman–Crippen LogP) is -1.24. The molecule has 1 radical (unpaired) electrons. The summed E-state index contributed by atoms with van der Waals surface area (Å²) < 4.78 is 0. The van der Waals surface area contributed by atoms with Crippen LogP contribution in [0.3, 0.4) is 0 Å². The molecule has 0 aliphatic carbocycles. The molecule has 5 heteroatoms. The fraction of sp³-hybridized carbons (Fsp3) is 0. The third-order valence-corrected chi connectivity index (χ3v) is 0. The SMILES string of the molecule is [Cu].[SiH3]P[TeH].[Zn]. The first-order valence-corrected chi connectivity index (χ1v) is 9.00. The zero-order chi connectivity index (χ0) is 2.71. The normalized spacial score (nSPS) is 6.60. The summed E-state index contributed by atoms with van der Waals surface area (Å²) in [4.78, 5) is 0. The third kappa shape index (κ3) is 20.7. The van der Waals surface area contributed by atoms with Crippen LogP contribution in [-0.2, 0) is 36.5 Å². The van der Waals surface area contributed by atoms with E-state index >= 15 is 0 Å². The van der Waals surface area contributed by atoms with E-state index in [-0.39, 0.29) is 36.5 Å². The van der Waals surface area contributed by atoms with Crippen molar-refractivity contribution in [3.63, 3.8) is 0 Å². The van der Waals surface area contributed by atoms with Gasteiger partial charge in [0.25, 0.3) is 0 Å². The summed E-state index contributed by atoms with van der Waals surface area (Å²) in [6.45, 7) is 0. The summed E-state index contributed by atoms with van der Waals surface area (Å²) in [6, 6.07) is 0. The molecule has 1 atom stereocenters. The number of rotatable bonds is 0. The molecule has 0 N–H and O–H groups in total. The third-order valence-electron chi connectivity index (χ3n) is 0. The molecule has 33 valence electrons. The quantitative estimate of drug-likeness (QED) is 0.387. The van der Waals surface area contributed by atoms with Crippen molar-refractivity contribution in [3.05, 3.63) is 0 Å². The van der Waals surface area contributed by atoms with E-state index < -0.39 is 0 Å². The molecule has 0 amide bonds. The molecular formula is H5CuPSiTeZn. The van der Waals surface area contributed by atoms with Crippen LogP contribution in [0.25, 0.3) is 0 Å². The van der Waals surface area contributed by atoms with Crippen LogP contribution < -0.4 is 0 Å². The van der Waals surface area contributed by atoms with Gasteiger partial charge in [-0.1, -0.05) is 0 Å². The van der Waals surface area contributed by atoms with Gasteiger partial charge < -0.3 is 0 Å². The van der Waals surface area contributed by atoms with Crippen molar-refractivity contribution < 1.29 is 36.5 Å². The number of hydrogen-bond acceptors (Lipinski definition) is 0. The number of hydrogen-bond donors (Lipinski definition) is 0. The van der Waals surface area contributed by atoms with Gasteiger partial charge in [0, 0.05) is 36.5 Å². The van der Waals surface area contributed by atoms with Crippen LogP contribution in [0, 0.1) is 0 Å². The Kier molecular flexibility index (Phi) is 50.0. The van der Waals surface area contributed by atoms with E-state index in [1.165, 1.54) is 15.7 Å². The molecule has 1 unspecified atom stereocenters. The van der Waals surface area contributed by atoms with Gasteiger partial charge in [-0.15, -0.1) is 0 Å².